The summed E-state index contributed by atoms with van der Waals surface area (Å²) in [5.74, 6) is 0. The molecule has 0 spiro atoms. The van der Waals surface area contributed by atoms with Gasteiger partial charge in [-0.25, -0.2) is 0 Å². The molecule has 4 heteroatoms. The zero-order valence-electron chi connectivity index (χ0n) is 11.8. The van der Waals surface area contributed by atoms with Gasteiger partial charge >= 0.3 is 0 Å². The standard InChI is InChI=1S/C13H27NO3/c1-10-6-14(7-11(2)17-10)8-12(15)9-16-13(3,4)5/h10-12,15H,6-9H2,1-5H3/p+1/t10-,11-,12+/m0/s1. The van der Waals surface area contributed by atoms with Crippen LogP contribution in [0.25, 0.3) is 0 Å². The number of nitrogens with one attached hydrogen (secondary N) is 1. The van der Waals surface area contributed by atoms with E-state index in [-0.39, 0.29) is 23.9 Å². The smallest absolute Gasteiger partial charge is 0.126 e. The minimum absolute atomic E-state index is 0.179. The Bertz CT molecular complexity index is 217. The topological polar surface area (TPSA) is 43.1 Å². The van der Waals surface area contributed by atoms with E-state index in [1.54, 1.807) is 0 Å². The summed E-state index contributed by atoms with van der Waals surface area (Å²) in [4.78, 5) is 1.40. The summed E-state index contributed by atoms with van der Waals surface area (Å²) in [6, 6.07) is 0. The molecule has 0 aliphatic carbocycles. The quantitative estimate of drug-likeness (QED) is 0.725. The van der Waals surface area contributed by atoms with Crippen molar-refractivity contribution in [2.45, 2.75) is 58.5 Å². The van der Waals surface area contributed by atoms with Crippen LogP contribution in [0.3, 0.4) is 0 Å². The van der Waals surface area contributed by atoms with Gasteiger partial charge in [-0.05, 0) is 34.6 Å². The van der Waals surface area contributed by atoms with Gasteiger partial charge in [-0.3, -0.25) is 0 Å². The summed E-state index contributed by atoms with van der Waals surface area (Å²) in [6.07, 6.45) is 0.177. The van der Waals surface area contributed by atoms with E-state index in [0.717, 1.165) is 19.6 Å². The first-order valence-corrected chi connectivity index (χ1v) is 6.57. The Hall–Kier alpha value is -0.160. The third kappa shape index (κ3) is 6.36. The van der Waals surface area contributed by atoms with Crippen molar-refractivity contribution in [1.82, 2.24) is 0 Å². The molecule has 0 saturated carbocycles. The van der Waals surface area contributed by atoms with Crippen LogP contribution in [-0.4, -0.2) is 55.3 Å². The second-order valence-electron chi connectivity index (χ2n) is 6.20. The van der Waals surface area contributed by atoms with Crippen molar-refractivity contribution in [2.75, 3.05) is 26.2 Å². The predicted octanol–water partition coefficient (Wildman–Crippen LogP) is -0.145. The molecule has 0 bridgehead atoms. The molecule has 1 aliphatic heterocycles. The Balaban J connectivity index is 2.28. The highest BCUT2D eigenvalue weighted by Gasteiger charge is 2.27. The molecule has 0 amide bonds. The van der Waals surface area contributed by atoms with Crippen LogP contribution in [0.4, 0.5) is 0 Å². The fraction of sp³-hybridized carbons (Fsp3) is 1.00. The summed E-state index contributed by atoms with van der Waals surface area (Å²) < 4.78 is 11.3. The van der Waals surface area contributed by atoms with Crippen LogP contribution in [0.2, 0.25) is 0 Å². The molecule has 102 valence electrons. The molecular formula is C13H28NO3+. The Morgan fingerprint density at radius 1 is 1.29 bits per heavy atom. The third-order valence-corrected chi connectivity index (χ3v) is 2.85. The minimum atomic E-state index is -0.387. The molecule has 2 N–H and O–H groups in total. The molecule has 0 unspecified atom stereocenters. The molecule has 3 atom stereocenters. The van der Waals surface area contributed by atoms with Gasteiger partial charge in [0.05, 0.1) is 12.2 Å². The van der Waals surface area contributed by atoms with Gasteiger partial charge in [0.15, 0.2) is 0 Å². The number of ether oxygens (including phenoxy) is 2. The molecule has 1 heterocycles. The van der Waals surface area contributed by atoms with E-state index in [4.69, 9.17) is 9.47 Å². The maximum atomic E-state index is 9.95. The van der Waals surface area contributed by atoms with E-state index >= 15 is 0 Å². The Morgan fingerprint density at radius 3 is 2.29 bits per heavy atom. The molecule has 1 saturated heterocycles. The van der Waals surface area contributed by atoms with Crippen LogP contribution in [0, 0.1) is 0 Å². The number of aliphatic hydroxyl groups excluding tert-OH is 1. The Labute approximate surface area is 105 Å². The van der Waals surface area contributed by atoms with Crippen LogP contribution < -0.4 is 4.90 Å². The minimum Gasteiger partial charge on any atom is -0.385 e. The lowest BCUT2D eigenvalue weighted by molar-refractivity contribution is -0.918. The fourth-order valence-electron chi connectivity index (χ4n) is 2.29. The maximum absolute atomic E-state index is 9.95. The Kier molecular flexibility index (Phi) is 5.38. The third-order valence-electron chi connectivity index (χ3n) is 2.85. The number of rotatable bonds is 4. The molecule has 1 rings (SSSR count). The van der Waals surface area contributed by atoms with Crippen molar-refractivity contribution in [3.05, 3.63) is 0 Å². The highest BCUT2D eigenvalue weighted by molar-refractivity contribution is 4.63. The van der Waals surface area contributed by atoms with E-state index in [0.29, 0.717) is 6.61 Å². The van der Waals surface area contributed by atoms with E-state index < -0.39 is 0 Å². The van der Waals surface area contributed by atoms with Gasteiger partial charge in [-0.2, -0.15) is 0 Å². The highest BCUT2D eigenvalue weighted by atomic mass is 16.5. The average molecular weight is 246 g/mol. The number of morpholine rings is 1. The molecule has 0 aromatic rings. The van der Waals surface area contributed by atoms with Gasteiger partial charge in [-0.15, -0.1) is 0 Å². The van der Waals surface area contributed by atoms with Gasteiger partial charge < -0.3 is 19.5 Å². The second kappa shape index (κ2) is 6.14. The fourth-order valence-corrected chi connectivity index (χ4v) is 2.29. The highest BCUT2D eigenvalue weighted by Crippen LogP contribution is 2.06. The van der Waals surface area contributed by atoms with E-state index in [2.05, 4.69) is 13.8 Å². The van der Waals surface area contributed by atoms with Crippen molar-refractivity contribution >= 4 is 0 Å². The van der Waals surface area contributed by atoms with Crippen LogP contribution in [0.5, 0.6) is 0 Å². The maximum Gasteiger partial charge on any atom is 0.126 e. The summed E-state index contributed by atoms with van der Waals surface area (Å²) in [7, 11) is 0. The van der Waals surface area contributed by atoms with E-state index in [1.165, 1.54) is 4.90 Å². The van der Waals surface area contributed by atoms with Gasteiger partial charge in [0.25, 0.3) is 0 Å². The number of aliphatic hydroxyl groups is 1. The molecule has 1 fully saturated rings. The van der Waals surface area contributed by atoms with Gasteiger partial charge in [-0.1, -0.05) is 0 Å². The lowest BCUT2D eigenvalue weighted by Crippen LogP contribution is -3.16. The summed E-state index contributed by atoms with van der Waals surface area (Å²) in [5.41, 5.74) is -0.179. The lowest BCUT2D eigenvalue weighted by atomic mass is 10.2. The SMILES string of the molecule is C[C@H]1C[NH+](C[C@@H](O)COC(C)(C)C)C[C@H](C)O1. The van der Waals surface area contributed by atoms with Crippen LogP contribution >= 0.6 is 0 Å². The van der Waals surface area contributed by atoms with Gasteiger partial charge in [0.1, 0.15) is 37.9 Å². The Morgan fingerprint density at radius 2 is 1.82 bits per heavy atom. The molecular weight excluding hydrogens is 218 g/mol. The van der Waals surface area contributed by atoms with E-state index in [9.17, 15) is 5.11 Å². The van der Waals surface area contributed by atoms with Gasteiger partial charge in [0.2, 0.25) is 0 Å². The van der Waals surface area contributed by atoms with Crippen LogP contribution in [0.15, 0.2) is 0 Å². The first kappa shape index (κ1) is 14.9. The van der Waals surface area contributed by atoms with Crippen LogP contribution in [-0.2, 0) is 9.47 Å². The first-order chi connectivity index (χ1) is 7.76. The first-order valence-electron chi connectivity index (χ1n) is 6.57. The number of quaternary nitrogens is 1. The predicted molar refractivity (Wildman–Crippen MR) is 67.3 cm³/mol. The zero-order valence-corrected chi connectivity index (χ0v) is 11.8. The lowest BCUT2D eigenvalue weighted by Gasteiger charge is -2.33. The summed E-state index contributed by atoms with van der Waals surface area (Å²) in [6.45, 7) is 13.3. The molecule has 0 radical (unpaired) electrons. The van der Waals surface area contributed by atoms with E-state index in [1.807, 2.05) is 20.8 Å². The van der Waals surface area contributed by atoms with Crippen molar-refractivity contribution in [3.8, 4) is 0 Å². The molecule has 0 aromatic carbocycles. The van der Waals surface area contributed by atoms with Crippen LogP contribution in [0.1, 0.15) is 34.6 Å². The van der Waals surface area contributed by atoms with Crippen molar-refractivity contribution < 1.29 is 19.5 Å². The number of hydrogen-bond donors (Lipinski definition) is 2. The van der Waals surface area contributed by atoms with Crippen molar-refractivity contribution in [1.29, 1.82) is 0 Å². The van der Waals surface area contributed by atoms with Crippen molar-refractivity contribution in [3.63, 3.8) is 0 Å². The largest absolute Gasteiger partial charge is 0.385 e. The molecule has 4 nitrogen and oxygen atoms in total. The molecule has 0 aromatic heterocycles. The second-order valence-corrected chi connectivity index (χ2v) is 6.20. The van der Waals surface area contributed by atoms with Crippen molar-refractivity contribution in [2.24, 2.45) is 0 Å². The molecule has 17 heavy (non-hydrogen) atoms. The molecule has 1 aliphatic rings. The average Bonchev–Trinajstić information content (AvgIpc) is 2.11. The normalized spacial score (nSPS) is 32.5. The zero-order chi connectivity index (χ0) is 13.1. The van der Waals surface area contributed by atoms with Gasteiger partial charge in [0, 0.05) is 0 Å². The summed E-state index contributed by atoms with van der Waals surface area (Å²) >= 11 is 0. The summed E-state index contributed by atoms with van der Waals surface area (Å²) in [5, 5.41) is 9.95. The number of hydrogen-bond acceptors (Lipinski definition) is 3. The monoisotopic (exact) mass is 246 g/mol.